The van der Waals surface area contributed by atoms with Crippen molar-refractivity contribution in [1.29, 1.82) is 0 Å². The second-order valence-electron chi connectivity index (χ2n) is 4.29. The summed E-state index contributed by atoms with van der Waals surface area (Å²) in [6.45, 7) is 3.88. The Morgan fingerprint density at radius 2 is 2.16 bits per heavy atom. The van der Waals surface area contributed by atoms with Crippen molar-refractivity contribution in [3.8, 4) is 0 Å². The van der Waals surface area contributed by atoms with Crippen molar-refractivity contribution in [2.24, 2.45) is 0 Å². The highest BCUT2D eigenvalue weighted by atomic mass is 16.6. The van der Waals surface area contributed by atoms with Crippen molar-refractivity contribution in [2.45, 2.75) is 20.4 Å². The zero-order valence-corrected chi connectivity index (χ0v) is 11.0. The molecule has 2 aromatic rings. The molecule has 0 spiro atoms. The first-order valence-electron chi connectivity index (χ1n) is 5.73. The molecule has 0 amide bonds. The fraction of sp³-hybridized carbons (Fsp3) is 0.333. The van der Waals surface area contributed by atoms with Gasteiger partial charge in [0, 0.05) is 20.0 Å². The van der Waals surface area contributed by atoms with E-state index in [1.165, 1.54) is 6.07 Å². The summed E-state index contributed by atoms with van der Waals surface area (Å²) in [7, 11) is 1.76. The number of hydrogen-bond acceptors (Lipinski definition) is 6. The Morgan fingerprint density at radius 3 is 2.74 bits per heavy atom. The fourth-order valence-electron chi connectivity index (χ4n) is 1.98. The van der Waals surface area contributed by atoms with Crippen molar-refractivity contribution in [2.75, 3.05) is 11.9 Å². The Labute approximate surface area is 110 Å². The summed E-state index contributed by atoms with van der Waals surface area (Å²) in [4.78, 5) is 16.5. The number of nitro benzene ring substituents is 1. The first-order chi connectivity index (χ1) is 8.99. The SMILES string of the molecule is Cc1nc(CN(C)c2c(C)cccc2[N+](=O)[O-])no1. The maximum Gasteiger partial charge on any atom is 0.292 e. The van der Waals surface area contributed by atoms with Crippen molar-refractivity contribution in [3.63, 3.8) is 0 Å². The van der Waals surface area contributed by atoms with Gasteiger partial charge in [-0.3, -0.25) is 10.1 Å². The highest BCUT2D eigenvalue weighted by Gasteiger charge is 2.20. The highest BCUT2D eigenvalue weighted by Crippen LogP contribution is 2.31. The van der Waals surface area contributed by atoms with Crippen LogP contribution in [0.4, 0.5) is 11.4 Å². The number of aryl methyl sites for hydroxylation is 2. The van der Waals surface area contributed by atoms with Crippen LogP contribution >= 0.6 is 0 Å². The van der Waals surface area contributed by atoms with Crippen LogP contribution in [0.5, 0.6) is 0 Å². The molecule has 0 aliphatic rings. The normalized spacial score (nSPS) is 10.5. The van der Waals surface area contributed by atoms with Crippen LogP contribution in [0.3, 0.4) is 0 Å². The van der Waals surface area contributed by atoms with Crippen LogP contribution in [-0.2, 0) is 6.54 Å². The third-order valence-corrected chi connectivity index (χ3v) is 2.74. The van der Waals surface area contributed by atoms with E-state index >= 15 is 0 Å². The monoisotopic (exact) mass is 262 g/mol. The predicted molar refractivity (Wildman–Crippen MR) is 69.0 cm³/mol. The minimum absolute atomic E-state index is 0.0720. The molecule has 7 nitrogen and oxygen atoms in total. The van der Waals surface area contributed by atoms with E-state index in [4.69, 9.17) is 4.52 Å². The smallest absolute Gasteiger partial charge is 0.292 e. The molecule has 1 aromatic heterocycles. The Bertz CT molecular complexity index is 609. The van der Waals surface area contributed by atoms with Gasteiger partial charge in [-0.15, -0.1) is 0 Å². The van der Waals surface area contributed by atoms with Crippen LogP contribution in [0.25, 0.3) is 0 Å². The van der Waals surface area contributed by atoms with E-state index < -0.39 is 0 Å². The summed E-state index contributed by atoms with van der Waals surface area (Å²) in [6.07, 6.45) is 0. The molecule has 0 N–H and O–H groups in total. The van der Waals surface area contributed by atoms with Gasteiger partial charge >= 0.3 is 0 Å². The van der Waals surface area contributed by atoms with Crippen molar-refractivity contribution >= 4 is 11.4 Å². The van der Waals surface area contributed by atoms with E-state index in [1.807, 2.05) is 13.0 Å². The number of hydrogen-bond donors (Lipinski definition) is 0. The molecule has 1 aromatic carbocycles. The van der Waals surface area contributed by atoms with Crippen molar-refractivity contribution in [1.82, 2.24) is 10.1 Å². The van der Waals surface area contributed by atoms with E-state index in [0.717, 1.165) is 5.56 Å². The first kappa shape index (κ1) is 13.0. The van der Waals surface area contributed by atoms with Gasteiger partial charge in [0.05, 0.1) is 11.5 Å². The van der Waals surface area contributed by atoms with Gasteiger partial charge in [-0.05, 0) is 12.5 Å². The molecule has 2 rings (SSSR count). The Balaban J connectivity index is 2.32. The molecule has 0 fully saturated rings. The molecule has 0 aliphatic heterocycles. The number of rotatable bonds is 4. The molecular weight excluding hydrogens is 248 g/mol. The zero-order valence-electron chi connectivity index (χ0n) is 11.0. The quantitative estimate of drug-likeness (QED) is 0.620. The molecule has 19 heavy (non-hydrogen) atoms. The number of aromatic nitrogens is 2. The molecule has 0 aliphatic carbocycles. The summed E-state index contributed by atoms with van der Waals surface area (Å²) < 4.78 is 4.89. The molecule has 0 atom stereocenters. The second-order valence-corrected chi connectivity index (χ2v) is 4.29. The number of benzene rings is 1. The van der Waals surface area contributed by atoms with Crippen molar-refractivity contribution < 1.29 is 9.45 Å². The molecule has 0 bridgehead atoms. The van der Waals surface area contributed by atoms with E-state index in [1.54, 1.807) is 24.9 Å². The van der Waals surface area contributed by atoms with E-state index in [9.17, 15) is 10.1 Å². The maximum atomic E-state index is 11.1. The number of nitro groups is 1. The van der Waals surface area contributed by atoms with Gasteiger partial charge < -0.3 is 9.42 Å². The van der Waals surface area contributed by atoms with Crippen LogP contribution in [0, 0.1) is 24.0 Å². The van der Waals surface area contributed by atoms with Crippen LogP contribution < -0.4 is 4.90 Å². The molecule has 0 saturated heterocycles. The van der Waals surface area contributed by atoms with Gasteiger partial charge in [0.1, 0.15) is 5.69 Å². The summed E-state index contributed by atoms with van der Waals surface area (Å²) in [6, 6.07) is 4.99. The maximum absolute atomic E-state index is 11.1. The summed E-state index contributed by atoms with van der Waals surface area (Å²) in [5.41, 5.74) is 1.47. The topological polar surface area (TPSA) is 85.3 Å². The number of nitrogens with zero attached hydrogens (tertiary/aromatic N) is 4. The van der Waals surface area contributed by atoms with Gasteiger partial charge in [0.2, 0.25) is 5.89 Å². The Kier molecular flexibility index (Phi) is 3.46. The van der Waals surface area contributed by atoms with E-state index in [-0.39, 0.29) is 10.6 Å². The third-order valence-electron chi connectivity index (χ3n) is 2.74. The fourth-order valence-corrected chi connectivity index (χ4v) is 1.98. The van der Waals surface area contributed by atoms with E-state index in [2.05, 4.69) is 10.1 Å². The van der Waals surface area contributed by atoms with Crippen LogP contribution in [0.1, 0.15) is 17.3 Å². The Morgan fingerprint density at radius 1 is 1.42 bits per heavy atom. The average molecular weight is 262 g/mol. The zero-order chi connectivity index (χ0) is 14.0. The summed E-state index contributed by atoms with van der Waals surface area (Å²) >= 11 is 0. The van der Waals surface area contributed by atoms with Crippen molar-refractivity contribution in [3.05, 3.63) is 45.6 Å². The Hall–Kier alpha value is -2.44. The van der Waals surface area contributed by atoms with Crippen LogP contribution in [0.15, 0.2) is 22.7 Å². The largest absolute Gasteiger partial charge is 0.361 e. The lowest BCUT2D eigenvalue weighted by molar-refractivity contribution is -0.384. The van der Waals surface area contributed by atoms with Gasteiger partial charge in [0.25, 0.3) is 5.69 Å². The predicted octanol–water partition coefficient (Wildman–Crippen LogP) is 2.23. The molecule has 0 saturated carbocycles. The lowest BCUT2D eigenvalue weighted by Gasteiger charge is -2.19. The third kappa shape index (κ3) is 2.70. The minimum Gasteiger partial charge on any atom is -0.361 e. The van der Waals surface area contributed by atoms with Gasteiger partial charge in [0.15, 0.2) is 5.82 Å². The molecule has 0 unspecified atom stereocenters. The number of para-hydroxylation sites is 1. The lowest BCUT2D eigenvalue weighted by Crippen LogP contribution is -2.19. The molecular formula is C12H14N4O3. The molecule has 0 radical (unpaired) electrons. The standard InChI is InChI=1S/C12H14N4O3/c1-8-5-4-6-10(16(17)18)12(8)15(3)7-11-13-9(2)19-14-11/h4-6H,7H2,1-3H3. The second kappa shape index (κ2) is 5.05. The average Bonchev–Trinajstić information content (AvgIpc) is 2.74. The summed E-state index contributed by atoms with van der Waals surface area (Å²) in [5.74, 6) is 0.972. The number of anilines is 1. The minimum atomic E-state index is -0.389. The van der Waals surface area contributed by atoms with Crippen LogP contribution in [-0.4, -0.2) is 22.1 Å². The van der Waals surface area contributed by atoms with Gasteiger partial charge in [-0.25, -0.2) is 0 Å². The van der Waals surface area contributed by atoms with Gasteiger partial charge in [-0.2, -0.15) is 4.98 Å². The van der Waals surface area contributed by atoms with E-state index in [0.29, 0.717) is 23.9 Å². The molecule has 1 heterocycles. The molecule has 100 valence electrons. The highest BCUT2D eigenvalue weighted by molar-refractivity contribution is 5.67. The van der Waals surface area contributed by atoms with Crippen LogP contribution in [0.2, 0.25) is 0 Å². The van der Waals surface area contributed by atoms with Gasteiger partial charge in [-0.1, -0.05) is 17.3 Å². The molecule has 7 heteroatoms. The lowest BCUT2D eigenvalue weighted by atomic mass is 10.1. The first-order valence-corrected chi connectivity index (χ1v) is 5.73. The summed E-state index contributed by atoms with van der Waals surface area (Å²) in [5, 5.41) is 14.9.